The molecule has 1 aromatic heterocycles. The molecule has 0 bridgehead atoms. The number of fused-ring (bicyclic) bond motifs is 1. The molecular weight excluding hydrogens is 268 g/mol. The predicted octanol–water partition coefficient (Wildman–Crippen LogP) is 3.16. The summed E-state index contributed by atoms with van der Waals surface area (Å²) in [7, 11) is 0. The van der Waals surface area contributed by atoms with Gasteiger partial charge in [-0.1, -0.05) is 12.8 Å². The zero-order valence-corrected chi connectivity index (χ0v) is 13.0. The third-order valence-electron chi connectivity index (χ3n) is 4.60. The van der Waals surface area contributed by atoms with Crippen molar-refractivity contribution in [2.45, 2.75) is 70.0 Å². The zero-order chi connectivity index (χ0) is 13.9. The lowest BCUT2D eigenvalue weighted by Crippen LogP contribution is -2.46. The first kappa shape index (κ1) is 14.1. The van der Waals surface area contributed by atoms with Crippen molar-refractivity contribution >= 4 is 17.2 Å². The van der Waals surface area contributed by atoms with Crippen molar-refractivity contribution in [3.05, 3.63) is 21.9 Å². The maximum Gasteiger partial charge on any atom is 0.237 e. The first-order valence-electron chi connectivity index (χ1n) is 7.86. The smallest absolute Gasteiger partial charge is 0.237 e. The molecule has 2 aliphatic rings. The Morgan fingerprint density at radius 3 is 2.90 bits per heavy atom. The van der Waals surface area contributed by atoms with Gasteiger partial charge >= 0.3 is 0 Å². The largest absolute Gasteiger partial charge is 0.352 e. The summed E-state index contributed by atoms with van der Waals surface area (Å²) in [5.74, 6) is 0.166. The van der Waals surface area contributed by atoms with Crippen molar-refractivity contribution in [1.29, 1.82) is 0 Å². The summed E-state index contributed by atoms with van der Waals surface area (Å²) < 4.78 is 0. The van der Waals surface area contributed by atoms with E-state index in [2.05, 4.69) is 22.1 Å². The van der Waals surface area contributed by atoms with Crippen LogP contribution in [0.15, 0.2) is 11.4 Å². The molecule has 1 fully saturated rings. The van der Waals surface area contributed by atoms with Crippen LogP contribution in [0.2, 0.25) is 0 Å². The highest BCUT2D eigenvalue weighted by molar-refractivity contribution is 7.10. The van der Waals surface area contributed by atoms with Gasteiger partial charge in [-0.25, -0.2) is 0 Å². The van der Waals surface area contributed by atoms with E-state index in [0.29, 0.717) is 12.1 Å². The Morgan fingerprint density at radius 1 is 1.30 bits per heavy atom. The Balaban J connectivity index is 1.56. The van der Waals surface area contributed by atoms with E-state index in [4.69, 9.17) is 0 Å². The SMILES string of the molecule is CC(NC1CCCc2sccc21)C(=O)NC1CCCC1. The standard InChI is InChI=1S/C16H24N2OS/c1-11(16(19)18-12-5-2-3-6-12)17-14-7-4-8-15-13(14)9-10-20-15/h9-12,14,17H,2-8H2,1H3,(H,18,19). The quantitative estimate of drug-likeness (QED) is 0.895. The average molecular weight is 292 g/mol. The highest BCUT2D eigenvalue weighted by Gasteiger charge is 2.26. The van der Waals surface area contributed by atoms with Crippen molar-refractivity contribution in [2.75, 3.05) is 0 Å². The normalized spacial score (nSPS) is 24.4. The van der Waals surface area contributed by atoms with Gasteiger partial charge in [0.1, 0.15) is 0 Å². The summed E-state index contributed by atoms with van der Waals surface area (Å²) in [5.41, 5.74) is 1.42. The Labute approximate surface area is 125 Å². The topological polar surface area (TPSA) is 41.1 Å². The monoisotopic (exact) mass is 292 g/mol. The number of carbonyl (C=O) groups excluding carboxylic acids is 1. The molecule has 4 heteroatoms. The minimum Gasteiger partial charge on any atom is -0.352 e. The van der Waals surface area contributed by atoms with E-state index in [9.17, 15) is 4.79 Å². The lowest BCUT2D eigenvalue weighted by atomic mass is 9.93. The van der Waals surface area contributed by atoms with Crippen molar-refractivity contribution in [1.82, 2.24) is 10.6 Å². The third kappa shape index (κ3) is 3.07. The van der Waals surface area contributed by atoms with Gasteiger partial charge in [-0.2, -0.15) is 0 Å². The van der Waals surface area contributed by atoms with Gasteiger partial charge in [0.05, 0.1) is 6.04 Å². The van der Waals surface area contributed by atoms with Crippen LogP contribution in [0.1, 0.15) is 61.9 Å². The van der Waals surface area contributed by atoms with E-state index in [1.54, 1.807) is 0 Å². The molecule has 2 N–H and O–H groups in total. The predicted molar refractivity (Wildman–Crippen MR) is 83.0 cm³/mol. The van der Waals surface area contributed by atoms with Gasteiger partial charge in [0.15, 0.2) is 0 Å². The van der Waals surface area contributed by atoms with Gasteiger partial charge < -0.3 is 5.32 Å². The fraction of sp³-hybridized carbons (Fsp3) is 0.688. The molecule has 1 saturated carbocycles. The van der Waals surface area contributed by atoms with Crippen molar-refractivity contribution in [3.8, 4) is 0 Å². The summed E-state index contributed by atoms with van der Waals surface area (Å²) in [4.78, 5) is 13.7. The Kier molecular flexibility index (Phi) is 4.41. The Bertz CT molecular complexity index is 465. The first-order valence-corrected chi connectivity index (χ1v) is 8.74. The highest BCUT2D eigenvalue weighted by Crippen LogP contribution is 2.33. The lowest BCUT2D eigenvalue weighted by Gasteiger charge is -2.27. The van der Waals surface area contributed by atoms with Crippen molar-refractivity contribution < 1.29 is 4.79 Å². The maximum atomic E-state index is 12.3. The number of aryl methyl sites for hydroxylation is 1. The van der Waals surface area contributed by atoms with Gasteiger partial charge in [0.2, 0.25) is 5.91 Å². The minimum absolute atomic E-state index is 0.105. The van der Waals surface area contributed by atoms with Crippen LogP contribution in [-0.2, 0) is 11.2 Å². The molecule has 0 spiro atoms. The van der Waals surface area contributed by atoms with E-state index in [1.807, 2.05) is 18.3 Å². The van der Waals surface area contributed by atoms with E-state index in [1.165, 1.54) is 36.1 Å². The summed E-state index contributed by atoms with van der Waals surface area (Å²) >= 11 is 1.85. The van der Waals surface area contributed by atoms with Crippen LogP contribution >= 0.6 is 11.3 Å². The molecule has 1 heterocycles. The fourth-order valence-corrected chi connectivity index (χ4v) is 4.42. The van der Waals surface area contributed by atoms with E-state index in [0.717, 1.165) is 19.3 Å². The first-order chi connectivity index (χ1) is 9.74. The van der Waals surface area contributed by atoms with Crippen LogP contribution in [0.25, 0.3) is 0 Å². The molecule has 0 aliphatic heterocycles. The van der Waals surface area contributed by atoms with Crippen LogP contribution in [0, 0.1) is 0 Å². The van der Waals surface area contributed by atoms with Crippen LogP contribution in [0.4, 0.5) is 0 Å². The second kappa shape index (κ2) is 6.27. The summed E-state index contributed by atoms with van der Waals surface area (Å²) in [6.45, 7) is 1.99. The fourth-order valence-electron chi connectivity index (χ4n) is 3.43. The maximum absolute atomic E-state index is 12.3. The summed E-state index contributed by atoms with van der Waals surface area (Å²) in [6.07, 6.45) is 8.38. The molecular formula is C16H24N2OS. The van der Waals surface area contributed by atoms with E-state index >= 15 is 0 Å². The van der Waals surface area contributed by atoms with Crippen LogP contribution in [0.5, 0.6) is 0 Å². The molecule has 1 aromatic rings. The molecule has 0 radical (unpaired) electrons. The van der Waals surface area contributed by atoms with E-state index in [-0.39, 0.29) is 11.9 Å². The molecule has 2 atom stereocenters. The molecule has 110 valence electrons. The molecule has 1 amide bonds. The number of hydrogen-bond donors (Lipinski definition) is 2. The van der Waals surface area contributed by atoms with Crippen LogP contribution in [0.3, 0.4) is 0 Å². The van der Waals surface area contributed by atoms with Gasteiger partial charge in [-0.05, 0) is 56.0 Å². The van der Waals surface area contributed by atoms with Gasteiger partial charge in [0.25, 0.3) is 0 Å². The molecule has 3 rings (SSSR count). The molecule has 20 heavy (non-hydrogen) atoms. The second-order valence-corrected chi connectivity index (χ2v) is 7.12. The average Bonchev–Trinajstić information content (AvgIpc) is 3.09. The Hall–Kier alpha value is -0.870. The number of thiophene rings is 1. The summed E-state index contributed by atoms with van der Waals surface area (Å²) in [5, 5.41) is 8.89. The second-order valence-electron chi connectivity index (χ2n) is 6.12. The number of rotatable bonds is 4. The molecule has 3 nitrogen and oxygen atoms in total. The number of amides is 1. The molecule has 0 saturated heterocycles. The van der Waals surface area contributed by atoms with Gasteiger partial charge in [0, 0.05) is 17.0 Å². The molecule has 2 aliphatic carbocycles. The number of hydrogen-bond acceptors (Lipinski definition) is 3. The number of nitrogens with one attached hydrogen (secondary N) is 2. The minimum atomic E-state index is -0.105. The van der Waals surface area contributed by atoms with Gasteiger partial charge in [-0.15, -0.1) is 11.3 Å². The lowest BCUT2D eigenvalue weighted by molar-refractivity contribution is -0.123. The zero-order valence-electron chi connectivity index (χ0n) is 12.2. The number of carbonyl (C=O) groups is 1. The van der Waals surface area contributed by atoms with Crippen molar-refractivity contribution in [3.63, 3.8) is 0 Å². The van der Waals surface area contributed by atoms with Gasteiger partial charge in [-0.3, -0.25) is 10.1 Å². The summed E-state index contributed by atoms with van der Waals surface area (Å²) in [6, 6.07) is 2.88. The van der Waals surface area contributed by atoms with Crippen LogP contribution < -0.4 is 10.6 Å². The third-order valence-corrected chi connectivity index (χ3v) is 5.59. The molecule has 0 aromatic carbocycles. The highest BCUT2D eigenvalue weighted by atomic mass is 32.1. The van der Waals surface area contributed by atoms with Crippen molar-refractivity contribution in [2.24, 2.45) is 0 Å². The molecule has 2 unspecified atom stereocenters. The van der Waals surface area contributed by atoms with Crippen LogP contribution in [-0.4, -0.2) is 18.0 Å². The Morgan fingerprint density at radius 2 is 2.10 bits per heavy atom. The van der Waals surface area contributed by atoms with E-state index < -0.39 is 0 Å².